The summed E-state index contributed by atoms with van der Waals surface area (Å²) in [5, 5.41) is 8.19. The van der Waals surface area contributed by atoms with Gasteiger partial charge in [-0.3, -0.25) is 9.79 Å². The van der Waals surface area contributed by atoms with Crippen LogP contribution in [-0.4, -0.2) is 36.4 Å². The zero-order chi connectivity index (χ0) is 9.40. The Hall–Kier alpha value is -1.10. The molecule has 0 fully saturated rings. The van der Waals surface area contributed by atoms with Gasteiger partial charge in [-0.25, -0.2) is 4.79 Å². The fraction of sp³-hybridized carbons (Fsp3) is 0.571. The molecule has 0 atom stereocenters. The third kappa shape index (κ3) is 10.9. The summed E-state index contributed by atoms with van der Waals surface area (Å²) in [6.07, 6.45) is 0.919. The maximum Gasteiger partial charge on any atom is 0.348 e. The van der Waals surface area contributed by atoms with Gasteiger partial charge in [-0.05, 0) is 6.92 Å². The van der Waals surface area contributed by atoms with E-state index in [0.29, 0.717) is 6.61 Å². The molecule has 0 aromatic heterocycles. The smallest absolute Gasteiger partial charge is 0.348 e. The van der Waals surface area contributed by atoms with Crippen LogP contribution in [0, 0.1) is 0 Å². The van der Waals surface area contributed by atoms with E-state index in [1.165, 1.54) is 0 Å². The van der Waals surface area contributed by atoms with Crippen molar-refractivity contribution < 1.29 is 19.4 Å². The Morgan fingerprint density at radius 2 is 2.15 bits per heavy atom. The van der Waals surface area contributed by atoms with E-state index in [1.54, 1.807) is 6.92 Å². The summed E-state index contributed by atoms with van der Waals surface area (Å²) in [5.74, 6) is -1.47. The normalized spacial score (nSPS) is 9.31. The van der Waals surface area contributed by atoms with Crippen molar-refractivity contribution in [2.75, 3.05) is 13.2 Å². The van der Waals surface area contributed by atoms with Crippen LogP contribution in [0.2, 0.25) is 0 Å². The van der Waals surface area contributed by atoms with Crippen molar-refractivity contribution in [2.24, 2.45) is 4.99 Å². The van der Waals surface area contributed by atoms with Crippen LogP contribution in [-0.2, 0) is 14.3 Å². The molecule has 0 saturated heterocycles. The van der Waals surface area contributed by atoms with E-state index < -0.39 is 11.9 Å². The molecule has 0 aliphatic heterocycles. The second-order valence-corrected chi connectivity index (χ2v) is 1.93. The molecule has 13 heavy (non-hydrogen) atoms. The van der Waals surface area contributed by atoms with Gasteiger partial charge in [0.25, 0.3) is 0 Å². The number of carboxylic acids is 1. The number of carbonyl (C=O) groups excluding carboxylic acids is 1. The van der Waals surface area contributed by atoms with Gasteiger partial charge in [-0.1, -0.05) is 0 Å². The van der Waals surface area contributed by atoms with Gasteiger partial charge in [0.15, 0.2) is 0 Å². The summed E-state index contributed by atoms with van der Waals surface area (Å²) in [6, 6.07) is 0. The molecule has 1 N–H and O–H groups in total. The molecule has 0 unspecified atom stereocenters. The first-order valence-electron chi connectivity index (χ1n) is 3.55. The molecule has 5 nitrogen and oxygen atoms in total. The predicted molar refractivity (Wildman–Crippen MR) is 49.5 cm³/mol. The molecule has 0 radical (unpaired) electrons. The maximum atomic E-state index is 10.6. The zero-order valence-corrected chi connectivity index (χ0v) is 8.04. The highest BCUT2D eigenvalue weighted by Gasteiger charge is 1.95. The largest absolute Gasteiger partial charge is 0.481 e. The van der Waals surface area contributed by atoms with Crippen LogP contribution in [0.25, 0.3) is 0 Å². The number of hydrogen-bond acceptors (Lipinski definition) is 4. The molecule has 0 bridgehead atoms. The van der Waals surface area contributed by atoms with Gasteiger partial charge in [0, 0.05) is 6.54 Å². The van der Waals surface area contributed by atoms with E-state index in [2.05, 4.69) is 9.73 Å². The Morgan fingerprint density at radius 3 is 2.62 bits per heavy atom. The first kappa shape index (κ1) is 14.4. The van der Waals surface area contributed by atoms with Crippen molar-refractivity contribution in [1.29, 1.82) is 0 Å². The highest BCUT2D eigenvalue weighted by molar-refractivity contribution is 6.23. The molecule has 0 spiro atoms. The van der Waals surface area contributed by atoms with E-state index in [0.717, 1.165) is 6.21 Å². The van der Waals surface area contributed by atoms with Gasteiger partial charge >= 0.3 is 11.9 Å². The second-order valence-electron chi connectivity index (χ2n) is 1.93. The molecule has 0 saturated carbocycles. The molecule has 0 aromatic carbocycles. The number of ether oxygens (including phenoxy) is 1. The Bertz CT molecular complexity index is 193. The first-order chi connectivity index (χ1) is 5.66. The maximum absolute atomic E-state index is 10.6. The predicted octanol–water partition coefficient (Wildman–Crippen LogP) is 0.517. The minimum Gasteiger partial charge on any atom is -0.481 e. The summed E-state index contributed by atoms with van der Waals surface area (Å²) in [7, 11) is 0. The lowest BCUT2D eigenvalue weighted by Crippen LogP contribution is -2.06. The molecular weight excluding hydrogens is 198 g/mol. The van der Waals surface area contributed by atoms with Crippen LogP contribution in [0.3, 0.4) is 0 Å². The molecule has 0 aliphatic rings. The molecule has 6 heteroatoms. The average Bonchev–Trinajstić information content (AvgIpc) is 1.98. The molecular formula is C7H12ClNO4. The fourth-order valence-corrected chi connectivity index (χ4v) is 0.479. The Labute approximate surface area is 82.2 Å². The van der Waals surface area contributed by atoms with Crippen molar-refractivity contribution in [3.05, 3.63) is 0 Å². The second kappa shape index (κ2) is 8.99. The van der Waals surface area contributed by atoms with Crippen molar-refractivity contribution in [3.8, 4) is 0 Å². The average molecular weight is 210 g/mol. The number of aliphatic imine (C=N–C) groups is 1. The highest BCUT2D eigenvalue weighted by atomic mass is 35.5. The quantitative estimate of drug-likeness (QED) is 0.529. The Balaban J connectivity index is 0. The van der Waals surface area contributed by atoms with E-state index in [1.807, 2.05) is 0 Å². The van der Waals surface area contributed by atoms with Crippen molar-refractivity contribution in [2.45, 2.75) is 13.3 Å². The summed E-state index contributed by atoms with van der Waals surface area (Å²) in [4.78, 5) is 24.1. The summed E-state index contributed by atoms with van der Waals surface area (Å²) < 4.78 is 4.51. The summed E-state index contributed by atoms with van der Waals surface area (Å²) in [5.41, 5.74) is 0. The lowest BCUT2D eigenvalue weighted by molar-refractivity contribution is -0.137. The third-order valence-corrected chi connectivity index (χ3v) is 0.938. The molecule has 0 rings (SSSR count). The van der Waals surface area contributed by atoms with Gasteiger partial charge in [0.2, 0.25) is 0 Å². The van der Waals surface area contributed by atoms with Gasteiger partial charge in [0.05, 0.1) is 13.0 Å². The third-order valence-electron chi connectivity index (χ3n) is 0.938. The van der Waals surface area contributed by atoms with Crippen LogP contribution in [0.4, 0.5) is 0 Å². The molecule has 0 aromatic rings. The number of hydrogen-bond donors (Lipinski definition) is 1. The fourth-order valence-electron chi connectivity index (χ4n) is 0.479. The van der Waals surface area contributed by atoms with Crippen LogP contribution >= 0.6 is 12.4 Å². The van der Waals surface area contributed by atoms with Gasteiger partial charge < -0.3 is 9.84 Å². The van der Waals surface area contributed by atoms with Crippen LogP contribution in [0.5, 0.6) is 0 Å². The summed E-state index contributed by atoms with van der Waals surface area (Å²) >= 11 is 0. The number of halogens is 1. The van der Waals surface area contributed by atoms with Gasteiger partial charge in [0.1, 0.15) is 6.21 Å². The monoisotopic (exact) mass is 209 g/mol. The minimum atomic E-state index is -0.934. The zero-order valence-electron chi connectivity index (χ0n) is 7.23. The highest BCUT2D eigenvalue weighted by Crippen LogP contribution is 1.80. The van der Waals surface area contributed by atoms with Crippen molar-refractivity contribution >= 4 is 30.6 Å². The number of esters is 1. The Kier molecular flexibility index (Phi) is 9.98. The SMILES string of the molecule is CCOC(=O)C=NCCC(=O)O.Cl. The van der Waals surface area contributed by atoms with Gasteiger partial charge in [-0.2, -0.15) is 0 Å². The topological polar surface area (TPSA) is 76.0 Å². The van der Waals surface area contributed by atoms with Crippen molar-refractivity contribution in [1.82, 2.24) is 0 Å². The van der Waals surface area contributed by atoms with E-state index in [4.69, 9.17) is 5.11 Å². The van der Waals surface area contributed by atoms with Gasteiger partial charge in [-0.15, -0.1) is 12.4 Å². The number of aliphatic carboxylic acids is 1. The van der Waals surface area contributed by atoms with Crippen LogP contribution in [0.15, 0.2) is 4.99 Å². The molecule has 0 aliphatic carbocycles. The van der Waals surface area contributed by atoms with Crippen LogP contribution < -0.4 is 0 Å². The molecule has 76 valence electrons. The number of carboxylic acid groups (broad SMARTS) is 1. The van der Waals surface area contributed by atoms with Crippen molar-refractivity contribution in [3.63, 3.8) is 0 Å². The van der Waals surface area contributed by atoms with E-state index >= 15 is 0 Å². The number of rotatable bonds is 5. The standard InChI is InChI=1S/C7H11NO4.ClH/c1-2-12-7(11)5-8-4-3-6(9)10;/h5H,2-4H2,1H3,(H,9,10);1H. The lowest BCUT2D eigenvalue weighted by atomic mass is 10.4. The van der Waals surface area contributed by atoms with Crippen LogP contribution in [0.1, 0.15) is 13.3 Å². The molecule has 0 heterocycles. The Morgan fingerprint density at radius 1 is 1.54 bits per heavy atom. The molecule has 0 amide bonds. The number of nitrogens with zero attached hydrogens (tertiary/aromatic N) is 1. The first-order valence-corrected chi connectivity index (χ1v) is 3.55. The number of carbonyl (C=O) groups is 2. The minimum absolute atomic E-state index is 0. The van der Waals surface area contributed by atoms with E-state index in [-0.39, 0.29) is 25.4 Å². The van der Waals surface area contributed by atoms with E-state index in [9.17, 15) is 9.59 Å². The lowest BCUT2D eigenvalue weighted by Gasteiger charge is -1.93. The summed E-state index contributed by atoms with van der Waals surface area (Å²) in [6.45, 7) is 2.08.